The highest BCUT2D eigenvalue weighted by atomic mass is 16.3. The van der Waals surface area contributed by atoms with Crippen LogP contribution < -0.4 is 5.32 Å². The maximum absolute atomic E-state index is 11.8. The summed E-state index contributed by atoms with van der Waals surface area (Å²) in [6.07, 6.45) is 2.21. The number of hydrogen-bond donors (Lipinski definition) is 3. The summed E-state index contributed by atoms with van der Waals surface area (Å²) in [5, 5.41) is 18.5. The van der Waals surface area contributed by atoms with Crippen LogP contribution in [0.3, 0.4) is 0 Å². The van der Waals surface area contributed by atoms with Gasteiger partial charge in [-0.15, -0.1) is 5.10 Å². The number of anilines is 1. The molecule has 0 saturated heterocycles. The van der Waals surface area contributed by atoms with Crippen LogP contribution in [-0.4, -0.2) is 26.2 Å². The lowest BCUT2D eigenvalue weighted by molar-refractivity contribution is 0.101. The largest absolute Gasteiger partial charge is 0.508 e. The van der Waals surface area contributed by atoms with Gasteiger partial charge in [0.25, 0.3) is 5.91 Å². The third-order valence-corrected chi connectivity index (χ3v) is 2.80. The highest BCUT2D eigenvalue weighted by Gasteiger charge is 2.28. The van der Waals surface area contributed by atoms with Gasteiger partial charge in [-0.25, -0.2) is 4.98 Å². The Morgan fingerprint density at radius 2 is 2.06 bits per heavy atom. The molecule has 1 saturated carbocycles. The highest BCUT2D eigenvalue weighted by molar-refractivity contribution is 6.01. The lowest BCUT2D eigenvalue weighted by Crippen LogP contribution is -2.13. The Bertz CT molecular complexity index is 572. The molecule has 1 aromatic heterocycles. The van der Waals surface area contributed by atoms with Crippen LogP contribution in [-0.2, 0) is 0 Å². The first-order valence-corrected chi connectivity index (χ1v) is 5.75. The van der Waals surface area contributed by atoms with Crippen molar-refractivity contribution in [1.82, 2.24) is 15.2 Å². The standard InChI is InChI=1S/C12H12N4O2/c17-9-5-3-8(4-6-9)13-12(18)11-14-10(15-16-11)7-1-2-7/h3-7,17H,1-2H2,(H,13,18)(H,14,15,16). The quantitative estimate of drug-likeness (QED) is 0.716. The van der Waals surface area contributed by atoms with Crippen LogP contribution in [0.2, 0.25) is 0 Å². The maximum Gasteiger partial charge on any atom is 0.295 e. The second-order valence-corrected chi connectivity index (χ2v) is 4.32. The second-order valence-electron chi connectivity index (χ2n) is 4.32. The SMILES string of the molecule is O=C(Nc1ccc(O)cc1)c1n[nH]c(C2CC2)n1. The molecule has 0 atom stereocenters. The predicted molar refractivity (Wildman–Crippen MR) is 64.4 cm³/mol. The monoisotopic (exact) mass is 244 g/mol. The minimum Gasteiger partial charge on any atom is -0.508 e. The van der Waals surface area contributed by atoms with E-state index in [1.807, 2.05) is 0 Å². The van der Waals surface area contributed by atoms with Crippen LogP contribution in [0, 0.1) is 0 Å². The molecule has 0 spiro atoms. The van der Waals surface area contributed by atoms with Crippen molar-refractivity contribution in [2.45, 2.75) is 18.8 Å². The smallest absolute Gasteiger partial charge is 0.295 e. The molecule has 1 aromatic carbocycles. The first-order chi connectivity index (χ1) is 8.72. The molecule has 6 nitrogen and oxygen atoms in total. The Labute approximate surface area is 103 Å². The Morgan fingerprint density at radius 1 is 1.33 bits per heavy atom. The van der Waals surface area contributed by atoms with Crippen LogP contribution >= 0.6 is 0 Å². The topological polar surface area (TPSA) is 90.9 Å². The number of carbonyl (C=O) groups excluding carboxylic acids is 1. The van der Waals surface area contributed by atoms with Gasteiger partial charge in [-0.2, -0.15) is 0 Å². The number of amides is 1. The predicted octanol–water partition coefficient (Wildman–Crippen LogP) is 1.64. The molecule has 1 aliphatic rings. The molecular formula is C12H12N4O2. The van der Waals surface area contributed by atoms with Gasteiger partial charge >= 0.3 is 0 Å². The van der Waals surface area contributed by atoms with Gasteiger partial charge in [0.2, 0.25) is 5.82 Å². The lowest BCUT2D eigenvalue weighted by Gasteiger charge is -2.01. The molecule has 3 rings (SSSR count). The summed E-state index contributed by atoms with van der Waals surface area (Å²) in [4.78, 5) is 16.0. The van der Waals surface area contributed by atoms with E-state index in [4.69, 9.17) is 5.11 Å². The summed E-state index contributed by atoms with van der Waals surface area (Å²) in [6, 6.07) is 6.23. The molecule has 1 fully saturated rings. The first-order valence-electron chi connectivity index (χ1n) is 5.75. The van der Waals surface area contributed by atoms with Crippen molar-refractivity contribution in [3.63, 3.8) is 0 Å². The van der Waals surface area contributed by atoms with Crippen LogP contribution in [0.4, 0.5) is 5.69 Å². The number of phenols is 1. The van der Waals surface area contributed by atoms with E-state index in [-0.39, 0.29) is 17.5 Å². The minimum absolute atomic E-state index is 0.143. The van der Waals surface area contributed by atoms with Gasteiger partial charge in [0, 0.05) is 11.6 Å². The number of benzene rings is 1. The van der Waals surface area contributed by atoms with E-state index in [2.05, 4.69) is 20.5 Å². The average Bonchev–Trinajstić information content (AvgIpc) is 3.10. The molecule has 1 aliphatic carbocycles. The molecule has 1 amide bonds. The van der Waals surface area contributed by atoms with Gasteiger partial charge in [-0.3, -0.25) is 9.89 Å². The zero-order chi connectivity index (χ0) is 12.5. The molecule has 0 radical (unpaired) electrons. The van der Waals surface area contributed by atoms with Crippen molar-refractivity contribution in [3.8, 4) is 5.75 Å². The molecular weight excluding hydrogens is 232 g/mol. The number of H-pyrrole nitrogens is 1. The number of aromatic amines is 1. The Balaban J connectivity index is 1.71. The van der Waals surface area contributed by atoms with Gasteiger partial charge in [-0.1, -0.05) is 0 Å². The van der Waals surface area contributed by atoms with E-state index in [1.165, 1.54) is 12.1 Å². The van der Waals surface area contributed by atoms with Gasteiger partial charge < -0.3 is 10.4 Å². The summed E-state index contributed by atoms with van der Waals surface area (Å²) >= 11 is 0. The molecule has 0 unspecified atom stereocenters. The average molecular weight is 244 g/mol. The molecule has 1 heterocycles. The number of rotatable bonds is 3. The van der Waals surface area contributed by atoms with Crippen LogP contribution in [0.15, 0.2) is 24.3 Å². The Kier molecular flexibility index (Phi) is 2.47. The Hall–Kier alpha value is -2.37. The third-order valence-electron chi connectivity index (χ3n) is 2.80. The number of aromatic hydroxyl groups is 1. The minimum atomic E-state index is -0.358. The van der Waals surface area contributed by atoms with Gasteiger partial charge in [0.1, 0.15) is 11.6 Å². The van der Waals surface area contributed by atoms with E-state index in [0.29, 0.717) is 11.6 Å². The lowest BCUT2D eigenvalue weighted by atomic mass is 10.3. The number of phenolic OH excluding ortho intramolecular Hbond substituents is 1. The molecule has 18 heavy (non-hydrogen) atoms. The van der Waals surface area contributed by atoms with Crippen molar-refractivity contribution in [2.75, 3.05) is 5.32 Å². The van der Waals surface area contributed by atoms with Crippen LogP contribution in [0.25, 0.3) is 0 Å². The van der Waals surface area contributed by atoms with Crippen molar-refractivity contribution in [3.05, 3.63) is 35.9 Å². The second kappa shape index (κ2) is 4.14. The molecule has 0 aliphatic heterocycles. The van der Waals surface area contributed by atoms with Crippen molar-refractivity contribution in [2.24, 2.45) is 0 Å². The fourth-order valence-corrected chi connectivity index (χ4v) is 1.65. The number of carbonyl (C=O) groups is 1. The molecule has 92 valence electrons. The van der Waals surface area contributed by atoms with Gasteiger partial charge in [0.15, 0.2) is 0 Å². The molecule has 3 N–H and O–H groups in total. The summed E-state index contributed by atoms with van der Waals surface area (Å²) in [5.41, 5.74) is 0.593. The van der Waals surface area contributed by atoms with Crippen molar-refractivity contribution < 1.29 is 9.90 Å². The Morgan fingerprint density at radius 3 is 2.72 bits per heavy atom. The normalized spacial score (nSPS) is 14.4. The zero-order valence-electron chi connectivity index (χ0n) is 9.55. The highest BCUT2D eigenvalue weighted by Crippen LogP contribution is 2.37. The number of nitrogens with one attached hydrogen (secondary N) is 2. The van der Waals surface area contributed by atoms with Crippen LogP contribution in [0.5, 0.6) is 5.75 Å². The summed E-state index contributed by atoms with van der Waals surface area (Å²) < 4.78 is 0. The summed E-state index contributed by atoms with van der Waals surface area (Å²) in [5.74, 6) is 1.16. The van der Waals surface area contributed by atoms with Gasteiger partial charge in [0.05, 0.1) is 0 Å². The number of nitrogens with zero attached hydrogens (tertiary/aromatic N) is 2. The van der Waals surface area contributed by atoms with E-state index >= 15 is 0 Å². The summed E-state index contributed by atoms with van der Waals surface area (Å²) in [6.45, 7) is 0. The fraction of sp³-hybridized carbons (Fsp3) is 0.250. The molecule has 2 aromatic rings. The molecule has 6 heteroatoms. The molecule has 0 bridgehead atoms. The number of hydrogen-bond acceptors (Lipinski definition) is 4. The van der Waals surface area contributed by atoms with E-state index in [9.17, 15) is 4.79 Å². The first kappa shape index (κ1) is 10.8. The van der Waals surface area contributed by atoms with Gasteiger partial charge in [-0.05, 0) is 37.1 Å². The van der Waals surface area contributed by atoms with E-state index in [0.717, 1.165) is 18.7 Å². The van der Waals surface area contributed by atoms with E-state index < -0.39 is 0 Å². The van der Waals surface area contributed by atoms with Crippen molar-refractivity contribution >= 4 is 11.6 Å². The fourth-order valence-electron chi connectivity index (χ4n) is 1.65. The maximum atomic E-state index is 11.8. The van der Waals surface area contributed by atoms with Crippen molar-refractivity contribution in [1.29, 1.82) is 0 Å². The number of aromatic nitrogens is 3. The third kappa shape index (κ3) is 2.17. The zero-order valence-corrected chi connectivity index (χ0v) is 9.55. The van der Waals surface area contributed by atoms with Crippen LogP contribution in [0.1, 0.15) is 35.2 Å². The van der Waals surface area contributed by atoms with E-state index in [1.54, 1.807) is 12.1 Å². The summed E-state index contributed by atoms with van der Waals surface area (Å²) in [7, 11) is 0.